The van der Waals surface area contributed by atoms with Crippen LogP contribution in [0.25, 0.3) is 0 Å². The van der Waals surface area contributed by atoms with Crippen molar-refractivity contribution in [3.05, 3.63) is 53.9 Å². The van der Waals surface area contributed by atoms with E-state index >= 15 is 0 Å². The topological polar surface area (TPSA) is 34.5 Å². The van der Waals surface area contributed by atoms with Crippen LogP contribution in [0.15, 0.2) is 42.6 Å². The van der Waals surface area contributed by atoms with Gasteiger partial charge in [0.1, 0.15) is 5.75 Å². The summed E-state index contributed by atoms with van der Waals surface area (Å²) in [7, 11) is 2.01. The highest BCUT2D eigenvalue weighted by Gasteiger charge is 2.33. The van der Waals surface area contributed by atoms with E-state index in [1.54, 1.807) is 0 Å². The fourth-order valence-electron chi connectivity index (χ4n) is 2.82. The zero-order chi connectivity index (χ0) is 17.1. The molecule has 1 fully saturated rings. The first-order valence-corrected chi connectivity index (χ1v) is 8.67. The Morgan fingerprint density at radius 3 is 2.50 bits per heavy atom. The van der Waals surface area contributed by atoms with Crippen molar-refractivity contribution in [3.8, 4) is 5.75 Å². The number of amides is 1. The molecule has 3 rings (SSSR count). The van der Waals surface area contributed by atoms with Crippen molar-refractivity contribution < 1.29 is 9.53 Å². The summed E-state index contributed by atoms with van der Waals surface area (Å²) in [5.74, 6) is 1.31. The summed E-state index contributed by atoms with van der Waals surface area (Å²) in [6.45, 7) is 5.08. The second-order valence-electron chi connectivity index (χ2n) is 6.88. The van der Waals surface area contributed by atoms with Crippen molar-refractivity contribution >= 4 is 5.91 Å². The van der Waals surface area contributed by atoms with Gasteiger partial charge in [-0.15, -0.1) is 0 Å². The summed E-state index contributed by atoms with van der Waals surface area (Å²) in [4.78, 5) is 14.6. The summed E-state index contributed by atoms with van der Waals surface area (Å²) in [6, 6.07) is 12.5. The third kappa shape index (κ3) is 3.99. The Labute approximate surface area is 144 Å². The Morgan fingerprint density at radius 2 is 1.96 bits per heavy atom. The van der Waals surface area contributed by atoms with Crippen LogP contribution in [0.4, 0.5) is 0 Å². The summed E-state index contributed by atoms with van der Waals surface area (Å²) in [5.41, 5.74) is 2.42. The van der Waals surface area contributed by atoms with Crippen LogP contribution in [0.1, 0.15) is 43.9 Å². The highest BCUT2D eigenvalue weighted by molar-refractivity contribution is 5.78. The molecule has 1 aromatic carbocycles. The van der Waals surface area contributed by atoms with Crippen LogP contribution in [-0.2, 0) is 18.4 Å². The Hall–Kier alpha value is -2.23. The lowest BCUT2D eigenvalue weighted by atomic mass is 10.0. The second-order valence-corrected chi connectivity index (χ2v) is 6.88. The van der Waals surface area contributed by atoms with Gasteiger partial charge in [0.2, 0.25) is 0 Å². The first-order chi connectivity index (χ1) is 11.5. The van der Waals surface area contributed by atoms with E-state index in [1.807, 2.05) is 36.3 Å². The van der Waals surface area contributed by atoms with E-state index in [2.05, 4.69) is 36.6 Å². The molecule has 1 heterocycles. The molecule has 0 atom stereocenters. The average molecular weight is 326 g/mol. The van der Waals surface area contributed by atoms with Crippen molar-refractivity contribution in [2.24, 2.45) is 7.05 Å². The van der Waals surface area contributed by atoms with Gasteiger partial charge in [0.05, 0.1) is 6.54 Å². The summed E-state index contributed by atoms with van der Waals surface area (Å²) < 4.78 is 7.78. The average Bonchev–Trinajstić information content (AvgIpc) is 3.33. The molecule has 1 aliphatic carbocycles. The molecule has 4 nitrogen and oxygen atoms in total. The van der Waals surface area contributed by atoms with Gasteiger partial charge in [-0.2, -0.15) is 0 Å². The van der Waals surface area contributed by atoms with Gasteiger partial charge in [0.15, 0.2) is 6.61 Å². The smallest absolute Gasteiger partial charge is 0.261 e. The van der Waals surface area contributed by atoms with E-state index in [0.717, 1.165) is 24.3 Å². The molecule has 128 valence electrons. The van der Waals surface area contributed by atoms with Crippen molar-refractivity contribution in [1.29, 1.82) is 0 Å². The van der Waals surface area contributed by atoms with Crippen LogP contribution in [0.5, 0.6) is 5.75 Å². The van der Waals surface area contributed by atoms with Gasteiger partial charge in [-0.3, -0.25) is 4.79 Å². The molecule has 0 aliphatic heterocycles. The number of hydrogen-bond donors (Lipinski definition) is 0. The summed E-state index contributed by atoms with van der Waals surface area (Å²) in [6.07, 6.45) is 4.20. The minimum absolute atomic E-state index is 0.0617. The van der Waals surface area contributed by atoms with E-state index in [9.17, 15) is 4.79 Å². The molecule has 0 N–H and O–H groups in total. The maximum absolute atomic E-state index is 12.6. The number of aryl methyl sites for hydroxylation is 1. The van der Waals surface area contributed by atoms with Gasteiger partial charge in [0, 0.05) is 25.0 Å². The molecule has 0 saturated heterocycles. The monoisotopic (exact) mass is 326 g/mol. The van der Waals surface area contributed by atoms with Crippen LogP contribution in [0.2, 0.25) is 0 Å². The molecule has 4 heteroatoms. The third-order valence-electron chi connectivity index (χ3n) is 4.60. The van der Waals surface area contributed by atoms with Gasteiger partial charge in [-0.25, -0.2) is 0 Å². The molecule has 24 heavy (non-hydrogen) atoms. The molecular weight excluding hydrogens is 300 g/mol. The fraction of sp³-hybridized carbons (Fsp3) is 0.450. The predicted molar refractivity (Wildman–Crippen MR) is 95.0 cm³/mol. The molecule has 0 spiro atoms. The van der Waals surface area contributed by atoms with Crippen LogP contribution in [-0.4, -0.2) is 28.0 Å². The third-order valence-corrected chi connectivity index (χ3v) is 4.60. The highest BCUT2D eigenvalue weighted by atomic mass is 16.5. The molecule has 1 aromatic heterocycles. The number of carbonyl (C=O) groups excluding carboxylic acids is 1. The lowest BCUT2D eigenvalue weighted by Gasteiger charge is -2.23. The zero-order valence-electron chi connectivity index (χ0n) is 14.7. The molecule has 1 saturated carbocycles. The number of rotatable bonds is 7. The number of carbonyl (C=O) groups is 1. The molecule has 0 radical (unpaired) electrons. The van der Waals surface area contributed by atoms with Crippen molar-refractivity contribution in [2.45, 2.75) is 45.2 Å². The number of benzene rings is 1. The second kappa shape index (κ2) is 7.12. The standard InChI is InChI=1S/C20H26N2O2/c1-15(2)16-6-10-19(11-7-16)24-14-20(23)22(17-8-9-17)13-18-5-4-12-21(18)3/h4-7,10-12,15,17H,8-9,13-14H2,1-3H3. The number of nitrogens with zero attached hydrogens (tertiary/aromatic N) is 2. The van der Waals surface area contributed by atoms with Crippen LogP contribution < -0.4 is 4.74 Å². The number of ether oxygens (including phenoxy) is 1. The molecular formula is C20H26N2O2. The van der Waals surface area contributed by atoms with Crippen molar-refractivity contribution in [1.82, 2.24) is 9.47 Å². The van der Waals surface area contributed by atoms with Crippen molar-refractivity contribution in [2.75, 3.05) is 6.61 Å². The Morgan fingerprint density at radius 1 is 1.25 bits per heavy atom. The van der Waals surface area contributed by atoms with Crippen LogP contribution >= 0.6 is 0 Å². The van der Waals surface area contributed by atoms with E-state index in [4.69, 9.17) is 4.74 Å². The lowest BCUT2D eigenvalue weighted by Crippen LogP contribution is -2.36. The molecule has 0 unspecified atom stereocenters. The Kier molecular flexibility index (Phi) is 4.93. The molecule has 1 amide bonds. The zero-order valence-corrected chi connectivity index (χ0v) is 14.7. The molecule has 0 bridgehead atoms. The van der Waals surface area contributed by atoms with E-state index in [1.165, 1.54) is 5.56 Å². The fourth-order valence-corrected chi connectivity index (χ4v) is 2.82. The first-order valence-electron chi connectivity index (χ1n) is 8.67. The Bertz CT molecular complexity index is 684. The normalized spacial score (nSPS) is 14.0. The number of aromatic nitrogens is 1. The lowest BCUT2D eigenvalue weighted by molar-refractivity contribution is -0.134. The minimum Gasteiger partial charge on any atom is -0.484 e. The van der Waals surface area contributed by atoms with Gasteiger partial charge >= 0.3 is 0 Å². The highest BCUT2D eigenvalue weighted by Crippen LogP contribution is 2.28. The molecule has 1 aliphatic rings. The van der Waals surface area contributed by atoms with Gasteiger partial charge < -0.3 is 14.2 Å². The van der Waals surface area contributed by atoms with E-state index in [0.29, 0.717) is 18.5 Å². The van der Waals surface area contributed by atoms with Crippen LogP contribution in [0.3, 0.4) is 0 Å². The maximum Gasteiger partial charge on any atom is 0.261 e. The van der Waals surface area contributed by atoms with E-state index in [-0.39, 0.29) is 12.5 Å². The first kappa shape index (κ1) is 16.6. The minimum atomic E-state index is 0.0617. The van der Waals surface area contributed by atoms with Gasteiger partial charge in [0.25, 0.3) is 5.91 Å². The maximum atomic E-state index is 12.6. The molecule has 2 aromatic rings. The quantitative estimate of drug-likeness (QED) is 0.777. The van der Waals surface area contributed by atoms with Crippen molar-refractivity contribution in [3.63, 3.8) is 0 Å². The number of hydrogen-bond acceptors (Lipinski definition) is 2. The van der Waals surface area contributed by atoms with E-state index < -0.39 is 0 Å². The Balaban J connectivity index is 1.58. The SMILES string of the molecule is CC(C)c1ccc(OCC(=O)N(Cc2cccn2C)C2CC2)cc1. The van der Waals surface area contributed by atoms with Gasteiger partial charge in [-0.05, 0) is 48.6 Å². The summed E-state index contributed by atoms with van der Waals surface area (Å²) in [5, 5.41) is 0. The van der Waals surface area contributed by atoms with Crippen LogP contribution in [0, 0.1) is 0 Å². The predicted octanol–water partition coefficient (Wildman–Crippen LogP) is 3.72. The largest absolute Gasteiger partial charge is 0.484 e. The van der Waals surface area contributed by atoms with Gasteiger partial charge in [-0.1, -0.05) is 26.0 Å². The summed E-state index contributed by atoms with van der Waals surface area (Å²) >= 11 is 0.